The third-order valence-electron chi connectivity index (χ3n) is 5.67. The molecule has 1 aromatic carbocycles. The van der Waals surface area contributed by atoms with Crippen LogP contribution in [-0.2, 0) is 11.2 Å². The number of aromatic nitrogens is 1. The Morgan fingerprint density at radius 2 is 2.18 bits per heavy atom. The van der Waals surface area contributed by atoms with Crippen LogP contribution in [0.5, 0.6) is 0 Å². The summed E-state index contributed by atoms with van der Waals surface area (Å²) in [4.78, 5) is 17.3. The lowest BCUT2D eigenvalue weighted by Gasteiger charge is -2.41. The zero-order valence-electron chi connectivity index (χ0n) is 15.8. The smallest absolute Gasteiger partial charge is 0.361 e. The summed E-state index contributed by atoms with van der Waals surface area (Å²) in [5.74, 6) is -0.778. The van der Waals surface area contributed by atoms with E-state index < -0.39 is 18.6 Å². The van der Waals surface area contributed by atoms with Crippen molar-refractivity contribution < 1.29 is 18.0 Å². The summed E-state index contributed by atoms with van der Waals surface area (Å²) >= 11 is 0. The summed E-state index contributed by atoms with van der Waals surface area (Å²) in [5, 5.41) is 3.93. The van der Waals surface area contributed by atoms with Crippen LogP contribution in [-0.4, -0.2) is 47.6 Å². The van der Waals surface area contributed by atoms with Gasteiger partial charge in [-0.2, -0.15) is 13.2 Å². The van der Waals surface area contributed by atoms with Crippen molar-refractivity contribution in [2.75, 3.05) is 19.6 Å². The summed E-state index contributed by atoms with van der Waals surface area (Å²) in [5.41, 5.74) is 3.78. The Labute approximate surface area is 161 Å². The van der Waals surface area contributed by atoms with Crippen molar-refractivity contribution >= 4 is 22.4 Å². The molecular weight excluding hydrogens is 367 g/mol. The molecule has 0 saturated carbocycles. The van der Waals surface area contributed by atoms with E-state index in [2.05, 4.69) is 10.3 Å². The Morgan fingerprint density at radius 3 is 2.93 bits per heavy atom. The van der Waals surface area contributed by atoms with E-state index in [1.54, 1.807) is 0 Å². The molecule has 2 unspecified atom stereocenters. The zero-order chi connectivity index (χ0) is 19.9. The highest BCUT2D eigenvalue weighted by atomic mass is 19.4. The van der Waals surface area contributed by atoms with E-state index >= 15 is 0 Å². The molecule has 0 fully saturated rings. The number of fused-ring (bicyclic) bond motifs is 2. The normalized spacial score (nSPS) is 22.1. The number of carbonyl (C=O) groups is 1. The maximum atomic E-state index is 13.3. The molecule has 2 heterocycles. The van der Waals surface area contributed by atoms with Crippen LogP contribution in [0.25, 0.3) is 16.5 Å². The molecule has 0 saturated heterocycles. The first-order valence-corrected chi connectivity index (χ1v) is 9.77. The highest BCUT2D eigenvalue weighted by Gasteiger charge is 2.42. The summed E-state index contributed by atoms with van der Waals surface area (Å²) < 4.78 is 39.8. The standard InChI is InChI=1S/C21H24F3N3O/c1-2-3-7-25-20(28)14-8-16-15-5-4-6-17-19(15)13(10-26-17)9-18(16)27(11-14)12-21(22,23)24/h4-6,8,10,14,18,26H,2-3,7,9,11-12H2,1H3,(H,25,28). The fraction of sp³-hybridized carbons (Fsp3) is 0.476. The molecule has 0 bridgehead atoms. The van der Waals surface area contributed by atoms with Crippen LogP contribution in [0.2, 0.25) is 0 Å². The van der Waals surface area contributed by atoms with Gasteiger partial charge in [-0.15, -0.1) is 0 Å². The van der Waals surface area contributed by atoms with Crippen molar-refractivity contribution in [1.29, 1.82) is 0 Å². The number of hydrogen-bond donors (Lipinski definition) is 2. The van der Waals surface area contributed by atoms with Crippen molar-refractivity contribution in [1.82, 2.24) is 15.2 Å². The van der Waals surface area contributed by atoms with Crippen LogP contribution in [0.1, 0.15) is 30.9 Å². The molecule has 1 aliphatic heterocycles. The van der Waals surface area contributed by atoms with Crippen molar-refractivity contribution in [3.8, 4) is 0 Å². The zero-order valence-corrected chi connectivity index (χ0v) is 15.8. The highest BCUT2D eigenvalue weighted by molar-refractivity contribution is 5.99. The molecule has 4 nitrogen and oxygen atoms in total. The predicted molar refractivity (Wildman–Crippen MR) is 103 cm³/mol. The maximum Gasteiger partial charge on any atom is 0.401 e. The number of amides is 1. The van der Waals surface area contributed by atoms with Crippen molar-refractivity contribution in [2.45, 2.75) is 38.4 Å². The van der Waals surface area contributed by atoms with Crippen LogP contribution in [0.4, 0.5) is 13.2 Å². The molecule has 28 heavy (non-hydrogen) atoms. The second-order valence-electron chi connectivity index (χ2n) is 7.68. The number of alkyl halides is 3. The molecule has 0 radical (unpaired) electrons. The molecule has 2 aromatic rings. The number of nitrogens with zero attached hydrogens (tertiary/aromatic N) is 1. The second kappa shape index (κ2) is 7.28. The van der Waals surface area contributed by atoms with Gasteiger partial charge >= 0.3 is 6.18 Å². The Morgan fingerprint density at radius 1 is 1.36 bits per heavy atom. The largest absolute Gasteiger partial charge is 0.401 e. The second-order valence-corrected chi connectivity index (χ2v) is 7.68. The first-order chi connectivity index (χ1) is 13.4. The third-order valence-corrected chi connectivity index (χ3v) is 5.67. The number of rotatable bonds is 5. The van der Waals surface area contributed by atoms with Crippen molar-refractivity contribution in [3.63, 3.8) is 0 Å². The van der Waals surface area contributed by atoms with Gasteiger partial charge in [-0.05, 0) is 35.6 Å². The Balaban J connectivity index is 1.72. The Kier molecular flexibility index (Phi) is 4.95. The first-order valence-electron chi connectivity index (χ1n) is 9.77. The number of aromatic amines is 1. The van der Waals surface area contributed by atoms with Gasteiger partial charge in [-0.25, -0.2) is 0 Å². The molecule has 2 N–H and O–H groups in total. The van der Waals surface area contributed by atoms with E-state index in [4.69, 9.17) is 0 Å². The van der Waals surface area contributed by atoms with Gasteiger partial charge in [0.15, 0.2) is 0 Å². The lowest BCUT2D eigenvalue weighted by molar-refractivity contribution is -0.151. The van der Waals surface area contributed by atoms with Crippen LogP contribution in [0.3, 0.4) is 0 Å². The Hall–Kier alpha value is -2.28. The van der Waals surface area contributed by atoms with Gasteiger partial charge in [0.1, 0.15) is 0 Å². The molecule has 1 aromatic heterocycles. The SMILES string of the molecule is CCCCNC(=O)C1C=C2c3cccc4[nH]cc(c34)CC2N(CC(F)(F)F)C1. The van der Waals surface area contributed by atoms with Crippen molar-refractivity contribution in [3.05, 3.63) is 41.6 Å². The predicted octanol–water partition coefficient (Wildman–Crippen LogP) is 3.89. The van der Waals surface area contributed by atoms with E-state index in [1.807, 2.05) is 37.4 Å². The van der Waals surface area contributed by atoms with Gasteiger partial charge in [0.25, 0.3) is 0 Å². The molecule has 0 spiro atoms. The molecule has 2 aliphatic rings. The molecule has 1 amide bonds. The highest BCUT2D eigenvalue weighted by Crippen LogP contribution is 2.42. The summed E-state index contributed by atoms with van der Waals surface area (Å²) in [6.45, 7) is 1.65. The van der Waals surface area contributed by atoms with E-state index in [9.17, 15) is 18.0 Å². The van der Waals surface area contributed by atoms with Crippen LogP contribution < -0.4 is 5.32 Å². The van der Waals surface area contributed by atoms with Gasteiger partial charge in [0, 0.05) is 36.2 Å². The van der Waals surface area contributed by atoms with E-state index in [1.165, 1.54) is 4.90 Å². The minimum absolute atomic E-state index is 0.0847. The minimum Gasteiger partial charge on any atom is -0.361 e. The van der Waals surface area contributed by atoms with Crippen LogP contribution in [0, 0.1) is 5.92 Å². The number of carbonyl (C=O) groups excluding carboxylic acids is 1. The lowest BCUT2D eigenvalue weighted by atomic mass is 9.79. The van der Waals surface area contributed by atoms with Gasteiger partial charge in [-0.1, -0.05) is 31.6 Å². The third kappa shape index (κ3) is 3.55. The average molecular weight is 391 g/mol. The lowest BCUT2D eigenvalue weighted by Crippen LogP contribution is -2.51. The van der Waals surface area contributed by atoms with Crippen LogP contribution >= 0.6 is 0 Å². The molecule has 150 valence electrons. The fourth-order valence-electron chi connectivity index (χ4n) is 4.41. The molecular formula is C21H24F3N3O. The number of unbranched alkanes of at least 4 members (excludes halogenated alkanes) is 1. The van der Waals surface area contributed by atoms with E-state index in [0.717, 1.165) is 40.4 Å². The fourth-order valence-corrected chi connectivity index (χ4v) is 4.41. The summed E-state index contributed by atoms with van der Waals surface area (Å²) in [6, 6.07) is 5.45. The molecule has 7 heteroatoms. The summed E-state index contributed by atoms with van der Waals surface area (Å²) in [6.07, 6.45) is 1.80. The quantitative estimate of drug-likeness (QED) is 0.760. The van der Waals surface area contributed by atoms with Crippen molar-refractivity contribution in [2.24, 2.45) is 5.92 Å². The number of benzene rings is 1. The van der Waals surface area contributed by atoms with Crippen LogP contribution in [0.15, 0.2) is 30.5 Å². The molecule has 1 aliphatic carbocycles. The Bertz CT molecular complexity index is 915. The van der Waals surface area contributed by atoms with E-state index in [-0.39, 0.29) is 18.5 Å². The minimum atomic E-state index is -4.31. The van der Waals surface area contributed by atoms with Gasteiger partial charge in [0.2, 0.25) is 5.91 Å². The number of hydrogen-bond acceptors (Lipinski definition) is 2. The molecule has 4 rings (SSSR count). The summed E-state index contributed by atoms with van der Waals surface area (Å²) in [7, 11) is 0. The molecule has 2 atom stereocenters. The van der Waals surface area contributed by atoms with Gasteiger partial charge in [0.05, 0.1) is 12.5 Å². The first kappa shape index (κ1) is 19.1. The van der Waals surface area contributed by atoms with E-state index in [0.29, 0.717) is 13.0 Å². The van der Waals surface area contributed by atoms with Gasteiger partial charge < -0.3 is 10.3 Å². The van der Waals surface area contributed by atoms with Gasteiger partial charge in [-0.3, -0.25) is 9.69 Å². The number of nitrogens with one attached hydrogen (secondary N) is 2. The topological polar surface area (TPSA) is 48.1 Å². The number of halogens is 3. The average Bonchev–Trinajstić information content (AvgIpc) is 3.05. The maximum absolute atomic E-state index is 13.3. The monoisotopic (exact) mass is 391 g/mol. The number of H-pyrrole nitrogens is 1.